The fourth-order valence-electron chi connectivity index (χ4n) is 2.54. The second kappa shape index (κ2) is 10.7. The van der Waals surface area contributed by atoms with Crippen molar-refractivity contribution in [3.63, 3.8) is 0 Å². The topological polar surface area (TPSA) is 58.5 Å². The molecule has 2 rings (SSSR count). The van der Waals surface area contributed by atoms with Crippen LogP contribution in [-0.4, -0.2) is 36.3 Å². The Hall–Kier alpha value is -1.26. The van der Waals surface area contributed by atoms with E-state index in [4.69, 9.17) is 0 Å². The number of pyridine rings is 1. The highest BCUT2D eigenvalue weighted by atomic mass is 127. The first-order valence-electron chi connectivity index (χ1n) is 8.15. The molecule has 1 aromatic heterocycles. The number of halogens is 4. The molecule has 0 radical (unpaired) electrons. The van der Waals surface area contributed by atoms with Gasteiger partial charge in [-0.15, -0.1) is 24.0 Å². The van der Waals surface area contributed by atoms with Crippen molar-refractivity contribution in [2.45, 2.75) is 51.4 Å². The smallest absolute Gasteiger partial charge is 0.422 e. The first-order valence-corrected chi connectivity index (χ1v) is 8.15. The molecule has 1 aromatic rings. The zero-order valence-electron chi connectivity index (χ0n) is 14.1. The Morgan fingerprint density at radius 1 is 1.36 bits per heavy atom. The maximum absolute atomic E-state index is 12.2. The molecule has 1 aliphatic carbocycles. The largest absolute Gasteiger partial charge is 0.468 e. The van der Waals surface area contributed by atoms with Gasteiger partial charge in [-0.2, -0.15) is 13.2 Å². The zero-order valence-corrected chi connectivity index (χ0v) is 16.4. The van der Waals surface area contributed by atoms with Gasteiger partial charge in [-0.25, -0.2) is 9.98 Å². The number of nitrogens with zero attached hydrogens (tertiary/aromatic N) is 2. The highest BCUT2D eigenvalue weighted by molar-refractivity contribution is 14.0. The van der Waals surface area contributed by atoms with E-state index >= 15 is 0 Å². The summed E-state index contributed by atoms with van der Waals surface area (Å²) in [6.45, 7) is 1.72. The molecule has 0 amide bonds. The minimum absolute atomic E-state index is 0. The second-order valence-electron chi connectivity index (χ2n) is 5.73. The van der Waals surface area contributed by atoms with E-state index in [-0.39, 0.29) is 29.9 Å². The van der Waals surface area contributed by atoms with E-state index < -0.39 is 12.8 Å². The fraction of sp³-hybridized carbons (Fsp3) is 0.625. The van der Waals surface area contributed by atoms with Crippen LogP contribution in [0.2, 0.25) is 0 Å². The minimum Gasteiger partial charge on any atom is -0.468 e. The first-order chi connectivity index (χ1) is 11.5. The van der Waals surface area contributed by atoms with Crippen LogP contribution in [0.1, 0.15) is 38.2 Å². The summed E-state index contributed by atoms with van der Waals surface area (Å²) in [5, 5.41) is 6.57. The van der Waals surface area contributed by atoms with Crippen molar-refractivity contribution < 1.29 is 17.9 Å². The van der Waals surface area contributed by atoms with Crippen LogP contribution in [-0.2, 0) is 6.54 Å². The predicted molar refractivity (Wildman–Crippen MR) is 101 cm³/mol. The van der Waals surface area contributed by atoms with Gasteiger partial charge in [-0.3, -0.25) is 0 Å². The van der Waals surface area contributed by atoms with Gasteiger partial charge < -0.3 is 15.4 Å². The van der Waals surface area contributed by atoms with Gasteiger partial charge in [0.05, 0.1) is 6.54 Å². The van der Waals surface area contributed by atoms with Crippen LogP contribution in [0.5, 0.6) is 5.88 Å². The van der Waals surface area contributed by atoms with E-state index in [0.29, 0.717) is 12.6 Å². The van der Waals surface area contributed by atoms with Crippen molar-refractivity contribution in [1.29, 1.82) is 0 Å². The van der Waals surface area contributed by atoms with Crippen LogP contribution in [0.25, 0.3) is 0 Å². The van der Waals surface area contributed by atoms with Crippen molar-refractivity contribution in [2.75, 3.05) is 13.2 Å². The predicted octanol–water partition coefficient (Wildman–Crippen LogP) is 3.64. The molecule has 0 unspecified atom stereocenters. The van der Waals surface area contributed by atoms with E-state index in [2.05, 4.69) is 25.3 Å². The lowest BCUT2D eigenvalue weighted by Crippen LogP contribution is -2.42. The van der Waals surface area contributed by atoms with Crippen LogP contribution >= 0.6 is 24.0 Å². The van der Waals surface area contributed by atoms with Gasteiger partial charge in [0.2, 0.25) is 5.88 Å². The van der Waals surface area contributed by atoms with Crippen molar-refractivity contribution in [1.82, 2.24) is 15.6 Å². The molecule has 0 aliphatic heterocycles. The van der Waals surface area contributed by atoms with Gasteiger partial charge in [-0.1, -0.05) is 12.8 Å². The molecule has 1 heterocycles. The Balaban J connectivity index is 0.00000312. The number of guanidine groups is 1. The minimum atomic E-state index is -4.38. The number of alkyl halides is 3. The zero-order chi connectivity index (χ0) is 17.4. The lowest BCUT2D eigenvalue weighted by molar-refractivity contribution is -0.154. The van der Waals surface area contributed by atoms with Crippen molar-refractivity contribution in [3.05, 3.63) is 23.9 Å². The molecule has 25 heavy (non-hydrogen) atoms. The summed E-state index contributed by atoms with van der Waals surface area (Å²) >= 11 is 0. The van der Waals surface area contributed by atoms with E-state index in [0.717, 1.165) is 30.9 Å². The third-order valence-electron chi connectivity index (χ3n) is 3.64. The van der Waals surface area contributed by atoms with Crippen LogP contribution < -0.4 is 15.4 Å². The molecular formula is C16H24F3IN4O. The van der Waals surface area contributed by atoms with E-state index in [1.54, 1.807) is 6.07 Å². The summed E-state index contributed by atoms with van der Waals surface area (Å²) in [5.41, 5.74) is 0.741. The second-order valence-corrected chi connectivity index (χ2v) is 5.73. The monoisotopic (exact) mass is 472 g/mol. The molecule has 142 valence electrons. The highest BCUT2D eigenvalue weighted by Gasteiger charge is 2.28. The van der Waals surface area contributed by atoms with Gasteiger partial charge in [0.1, 0.15) is 0 Å². The van der Waals surface area contributed by atoms with Crippen LogP contribution in [0.15, 0.2) is 23.3 Å². The lowest BCUT2D eigenvalue weighted by atomic mass is 10.2. The quantitative estimate of drug-likeness (QED) is 0.377. The number of hydrogen-bond acceptors (Lipinski definition) is 3. The number of rotatable bonds is 6. The van der Waals surface area contributed by atoms with Gasteiger partial charge in [0, 0.05) is 24.8 Å². The highest BCUT2D eigenvalue weighted by Crippen LogP contribution is 2.18. The molecule has 0 bridgehead atoms. The maximum Gasteiger partial charge on any atom is 0.422 e. The summed E-state index contributed by atoms with van der Waals surface area (Å²) in [6, 6.07) is 3.63. The summed E-state index contributed by atoms with van der Waals surface area (Å²) in [6.07, 6.45) is 1.76. The molecule has 0 spiro atoms. The van der Waals surface area contributed by atoms with E-state index in [1.165, 1.54) is 25.1 Å². The van der Waals surface area contributed by atoms with Gasteiger partial charge in [0.15, 0.2) is 12.6 Å². The number of aliphatic imine (C=N–C) groups is 1. The Kier molecular flexibility index (Phi) is 9.30. The Labute approximate surface area is 162 Å². The van der Waals surface area contributed by atoms with Crippen molar-refractivity contribution in [2.24, 2.45) is 4.99 Å². The number of nitrogens with one attached hydrogen (secondary N) is 2. The average molecular weight is 472 g/mol. The Morgan fingerprint density at radius 2 is 2.08 bits per heavy atom. The van der Waals surface area contributed by atoms with Gasteiger partial charge >= 0.3 is 6.18 Å². The summed E-state index contributed by atoms with van der Waals surface area (Å²) in [7, 11) is 0. The molecule has 5 nitrogen and oxygen atoms in total. The van der Waals surface area contributed by atoms with E-state index in [1.807, 2.05) is 6.92 Å². The summed E-state index contributed by atoms with van der Waals surface area (Å²) in [4.78, 5) is 8.27. The molecule has 0 atom stereocenters. The first kappa shape index (κ1) is 21.8. The normalized spacial score (nSPS) is 15.6. The van der Waals surface area contributed by atoms with Crippen molar-refractivity contribution >= 4 is 29.9 Å². The Morgan fingerprint density at radius 3 is 2.72 bits per heavy atom. The standard InChI is InChI=1S/C16H23F3N4O.HI/c1-2-20-15(23-13-5-3-4-6-13)22-10-12-7-8-21-14(9-12)24-11-16(17,18)19;/h7-9,13H,2-6,10-11H2,1H3,(H2,20,22,23);1H. The summed E-state index contributed by atoms with van der Waals surface area (Å²) in [5.74, 6) is 0.674. The molecular weight excluding hydrogens is 448 g/mol. The molecule has 0 saturated heterocycles. The van der Waals surface area contributed by atoms with Crippen molar-refractivity contribution in [3.8, 4) is 5.88 Å². The van der Waals surface area contributed by atoms with Crippen LogP contribution in [0.4, 0.5) is 13.2 Å². The molecule has 2 N–H and O–H groups in total. The lowest BCUT2D eigenvalue weighted by Gasteiger charge is -2.16. The number of hydrogen-bond donors (Lipinski definition) is 2. The molecule has 1 fully saturated rings. The average Bonchev–Trinajstić information content (AvgIpc) is 3.04. The third-order valence-corrected chi connectivity index (χ3v) is 3.64. The molecule has 0 aromatic carbocycles. The maximum atomic E-state index is 12.2. The van der Waals surface area contributed by atoms with Gasteiger partial charge in [-0.05, 0) is 31.4 Å². The van der Waals surface area contributed by atoms with Gasteiger partial charge in [0.25, 0.3) is 0 Å². The SMILES string of the molecule is CCNC(=NCc1ccnc(OCC(F)(F)F)c1)NC1CCCC1.I. The summed E-state index contributed by atoms with van der Waals surface area (Å²) < 4.78 is 41.2. The molecule has 9 heteroatoms. The molecule has 1 aliphatic rings. The van der Waals surface area contributed by atoms with Crippen LogP contribution in [0, 0.1) is 0 Å². The Bertz CT molecular complexity index is 548. The number of ether oxygens (including phenoxy) is 1. The van der Waals surface area contributed by atoms with Crippen LogP contribution in [0.3, 0.4) is 0 Å². The molecule has 1 saturated carbocycles. The third kappa shape index (κ3) is 8.59. The number of aromatic nitrogens is 1. The fourth-order valence-corrected chi connectivity index (χ4v) is 2.54. The van der Waals surface area contributed by atoms with E-state index in [9.17, 15) is 13.2 Å².